The maximum Gasteiger partial charge on any atom is 0.287 e. The van der Waals surface area contributed by atoms with E-state index in [1.165, 1.54) is 6.07 Å². The first-order valence-corrected chi connectivity index (χ1v) is 7.30. The summed E-state index contributed by atoms with van der Waals surface area (Å²) in [6.45, 7) is 3.39. The van der Waals surface area contributed by atoms with Crippen molar-refractivity contribution in [3.63, 3.8) is 0 Å². The maximum atomic E-state index is 11.1. The summed E-state index contributed by atoms with van der Waals surface area (Å²) in [5, 5.41) is 13.5. The molecule has 0 amide bonds. The van der Waals surface area contributed by atoms with Crippen LogP contribution in [-0.4, -0.2) is 36.4 Å². The van der Waals surface area contributed by atoms with E-state index in [2.05, 4.69) is 10.3 Å². The molecule has 18 heavy (non-hydrogen) atoms. The van der Waals surface area contributed by atoms with Gasteiger partial charge in [-0.25, -0.2) is 13.4 Å². The number of nitrogens with one attached hydrogen (secondary N) is 1. The zero-order chi connectivity index (χ0) is 13.9. The first-order valence-electron chi connectivity index (χ1n) is 5.24. The van der Waals surface area contributed by atoms with Gasteiger partial charge in [0.05, 0.1) is 10.7 Å². The molecule has 0 aliphatic carbocycles. The van der Waals surface area contributed by atoms with E-state index in [1.807, 2.05) is 0 Å². The summed E-state index contributed by atoms with van der Waals surface area (Å²) in [7, 11) is -3.08. The Morgan fingerprint density at radius 2 is 2.17 bits per heavy atom. The number of aryl methyl sites for hydroxylation is 1. The minimum absolute atomic E-state index is 0.0227. The van der Waals surface area contributed by atoms with Crippen LogP contribution in [0.15, 0.2) is 12.3 Å². The second kappa shape index (κ2) is 5.30. The third-order valence-corrected chi connectivity index (χ3v) is 3.32. The summed E-state index contributed by atoms with van der Waals surface area (Å²) < 4.78 is 22.2. The average molecular weight is 273 g/mol. The van der Waals surface area contributed by atoms with Crippen molar-refractivity contribution >= 4 is 21.3 Å². The van der Waals surface area contributed by atoms with Gasteiger partial charge in [-0.1, -0.05) is 0 Å². The molecule has 1 aromatic rings. The molecule has 0 aliphatic heterocycles. The molecule has 7 nitrogen and oxygen atoms in total. The zero-order valence-electron chi connectivity index (χ0n) is 10.4. The molecule has 1 heterocycles. The van der Waals surface area contributed by atoms with Gasteiger partial charge in [0, 0.05) is 18.4 Å². The Hall–Kier alpha value is -1.70. The Balaban J connectivity index is 2.83. The van der Waals surface area contributed by atoms with Gasteiger partial charge in [-0.3, -0.25) is 10.1 Å². The summed E-state index contributed by atoms with van der Waals surface area (Å²) >= 11 is 0. The quantitative estimate of drug-likeness (QED) is 0.637. The average Bonchev–Trinajstić information content (AvgIpc) is 2.17. The predicted molar refractivity (Wildman–Crippen MR) is 68.4 cm³/mol. The van der Waals surface area contributed by atoms with E-state index in [0.717, 1.165) is 12.5 Å². The molecular formula is C10H15N3O4S. The molecule has 0 saturated carbocycles. The highest BCUT2D eigenvalue weighted by Crippen LogP contribution is 2.18. The number of rotatable bonds is 5. The molecule has 0 bridgehead atoms. The van der Waals surface area contributed by atoms with Crippen LogP contribution in [0.2, 0.25) is 0 Å². The zero-order valence-corrected chi connectivity index (χ0v) is 11.2. The molecule has 0 aromatic carbocycles. The smallest absolute Gasteiger partial charge is 0.287 e. The Morgan fingerprint density at radius 3 is 2.61 bits per heavy atom. The van der Waals surface area contributed by atoms with Crippen molar-refractivity contribution in [1.29, 1.82) is 0 Å². The highest BCUT2D eigenvalue weighted by Gasteiger charge is 2.14. The number of sulfone groups is 1. The van der Waals surface area contributed by atoms with Gasteiger partial charge in [0.25, 0.3) is 5.69 Å². The number of pyridine rings is 1. The number of hydrogen-bond acceptors (Lipinski definition) is 6. The van der Waals surface area contributed by atoms with E-state index in [1.54, 1.807) is 13.8 Å². The molecule has 1 rings (SSSR count). The lowest BCUT2D eigenvalue weighted by Gasteiger charge is -2.14. The number of nitro groups is 1. The van der Waals surface area contributed by atoms with Crippen molar-refractivity contribution in [3.8, 4) is 0 Å². The molecule has 1 unspecified atom stereocenters. The van der Waals surface area contributed by atoms with Gasteiger partial charge in [0.2, 0.25) is 0 Å². The Morgan fingerprint density at radius 1 is 1.56 bits per heavy atom. The fourth-order valence-electron chi connectivity index (χ4n) is 1.54. The maximum absolute atomic E-state index is 11.1. The normalized spacial score (nSPS) is 13.1. The Labute approximate surface area is 105 Å². The van der Waals surface area contributed by atoms with Crippen LogP contribution in [0.5, 0.6) is 0 Å². The van der Waals surface area contributed by atoms with Gasteiger partial charge >= 0.3 is 0 Å². The van der Waals surface area contributed by atoms with Crippen molar-refractivity contribution in [2.75, 3.05) is 17.3 Å². The van der Waals surface area contributed by atoms with Crippen LogP contribution in [0.25, 0.3) is 0 Å². The largest absolute Gasteiger partial charge is 0.366 e. The second-order valence-corrected chi connectivity index (χ2v) is 6.44. The fourth-order valence-corrected chi connectivity index (χ4v) is 2.53. The molecule has 0 aliphatic rings. The van der Waals surface area contributed by atoms with E-state index < -0.39 is 14.8 Å². The number of aromatic nitrogens is 1. The molecule has 100 valence electrons. The van der Waals surface area contributed by atoms with Gasteiger partial charge in [0.15, 0.2) is 0 Å². The van der Waals surface area contributed by atoms with Crippen molar-refractivity contribution in [3.05, 3.63) is 27.9 Å². The standard InChI is InChI=1S/C10H15N3O4S/c1-7-4-9(13(14)15)5-11-10(7)12-8(2)6-18(3,16)17/h4-5,8H,6H2,1-3H3,(H,11,12). The van der Waals surface area contributed by atoms with Crippen LogP contribution >= 0.6 is 0 Å². The molecule has 1 atom stereocenters. The molecule has 0 radical (unpaired) electrons. The van der Waals surface area contributed by atoms with Crippen molar-refractivity contribution in [2.24, 2.45) is 0 Å². The van der Waals surface area contributed by atoms with E-state index in [9.17, 15) is 18.5 Å². The first kappa shape index (κ1) is 14.4. The molecule has 1 aromatic heterocycles. The van der Waals surface area contributed by atoms with Crippen LogP contribution in [0, 0.1) is 17.0 Å². The van der Waals surface area contributed by atoms with Crippen molar-refractivity contribution in [2.45, 2.75) is 19.9 Å². The van der Waals surface area contributed by atoms with E-state index >= 15 is 0 Å². The molecular weight excluding hydrogens is 258 g/mol. The second-order valence-electron chi connectivity index (χ2n) is 4.25. The molecule has 0 fully saturated rings. The van der Waals surface area contributed by atoms with E-state index in [0.29, 0.717) is 11.4 Å². The number of hydrogen-bond donors (Lipinski definition) is 1. The number of nitrogens with zero attached hydrogens (tertiary/aromatic N) is 2. The van der Waals surface area contributed by atoms with Crippen LogP contribution in [0.3, 0.4) is 0 Å². The highest BCUT2D eigenvalue weighted by atomic mass is 32.2. The van der Waals surface area contributed by atoms with Crippen molar-refractivity contribution < 1.29 is 13.3 Å². The first-order chi connectivity index (χ1) is 8.19. The highest BCUT2D eigenvalue weighted by molar-refractivity contribution is 7.90. The SMILES string of the molecule is Cc1cc([N+](=O)[O-])cnc1NC(C)CS(C)(=O)=O. The van der Waals surface area contributed by atoms with Crippen molar-refractivity contribution in [1.82, 2.24) is 4.98 Å². The molecule has 0 spiro atoms. The molecule has 1 N–H and O–H groups in total. The lowest BCUT2D eigenvalue weighted by Crippen LogP contribution is -2.25. The monoisotopic (exact) mass is 273 g/mol. The summed E-state index contributed by atoms with van der Waals surface area (Å²) in [5.41, 5.74) is 0.512. The Bertz CT molecular complexity index is 556. The summed E-state index contributed by atoms with van der Waals surface area (Å²) in [6.07, 6.45) is 2.30. The van der Waals surface area contributed by atoms with Crippen LogP contribution in [0.4, 0.5) is 11.5 Å². The molecule has 0 saturated heterocycles. The summed E-state index contributed by atoms with van der Waals surface area (Å²) in [6, 6.07) is 1.08. The molecule has 8 heteroatoms. The van der Waals surface area contributed by atoms with Gasteiger partial charge < -0.3 is 5.32 Å². The lowest BCUT2D eigenvalue weighted by atomic mass is 10.2. The van der Waals surface area contributed by atoms with E-state index in [-0.39, 0.29) is 17.5 Å². The minimum atomic E-state index is -3.08. The number of anilines is 1. The topological polar surface area (TPSA) is 102 Å². The van der Waals surface area contributed by atoms with Gasteiger partial charge in [-0.15, -0.1) is 0 Å². The Kier molecular flexibility index (Phi) is 4.23. The third kappa shape index (κ3) is 4.28. The lowest BCUT2D eigenvalue weighted by molar-refractivity contribution is -0.385. The fraction of sp³-hybridized carbons (Fsp3) is 0.500. The summed E-state index contributed by atoms with van der Waals surface area (Å²) in [5.74, 6) is 0.433. The van der Waals surface area contributed by atoms with Crippen LogP contribution in [-0.2, 0) is 9.84 Å². The minimum Gasteiger partial charge on any atom is -0.366 e. The predicted octanol–water partition coefficient (Wildman–Crippen LogP) is 1.14. The summed E-state index contributed by atoms with van der Waals surface area (Å²) in [4.78, 5) is 13.9. The van der Waals surface area contributed by atoms with Gasteiger partial charge in [-0.05, 0) is 19.4 Å². The van der Waals surface area contributed by atoms with Crippen LogP contribution in [0.1, 0.15) is 12.5 Å². The van der Waals surface area contributed by atoms with Crippen LogP contribution < -0.4 is 5.32 Å². The third-order valence-electron chi connectivity index (χ3n) is 2.21. The van der Waals surface area contributed by atoms with E-state index in [4.69, 9.17) is 0 Å². The van der Waals surface area contributed by atoms with Gasteiger partial charge in [0.1, 0.15) is 21.9 Å². The van der Waals surface area contributed by atoms with Gasteiger partial charge in [-0.2, -0.15) is 0 Å².